The Balaban J connectivity index is 2.22. The van der Waals surface area contributed by atoms with Gasteiger partial charge in [-0.2, -0.15) is 0 Å². The first kappa shape index (κ1) is 10.1. The molecule has 17 heavy (non-hydrogen) atoms. The predicted octanol–water partition coefficient (Wildman–Crippen LogP) is 2.67. The van der Waals surface area contributed by atoms with Crippen molar-refractivity contribution in [3.05, 3.63) is 52.4 Å². The summed E-state index contributed by atoms with van der Waals surface area (Å²) in [7, 11) is 0. The molecule has 0 amide bonds. The van der Waals surface area contributed by atoms with Gasteiger partial charge in [0.05, 0.1) is 0 Å². The molecule has 0 radical (unpaired) electrons. The molecule has 2 heterocycles. The lowest BCUT2D eigenvalue weighted by Crippen LogP contribution is -2.13. The number of hydrogen-bond acceptors (Lipinski definition) is 3. The molecule has 86 valence electrons. The number of ether oxygens (including phenoxy) is 1. The number of hydrogen-bond donors (Lipinski definition) is 0. The average molecular weight is 228 g/mol. The highest BCUT2D eigenvalue weighted by atomic mass is 16.5. The van der Waals surface area contributed by atoms with Crippen LogP contribution in [0.1, 0.15) is 12.5 Å². The molecule has 3 heteroatoms. The third-order valence-electron chi connectivity index (χ3n) is 3.06. The zero-order valence-corrected chi connectivity index (χ0v) is 9.53. The maximum atomic E-state index is 11.3. The van der Waals surface area contributed by atoms with Crippen molar-refractivity contribution in [3.8, 4) is 5.75 Å². The van der Waals surface area contributed by atoms with Crippen molar-refractivity contribution in [2.24, 2.45) is 0 Å². The molecular formula is C14H12O3. The van der Waals surface area contributed by atoms with Crippen LogP contribution in [-0.4, -0.2) is 6.10 Å². The minimum atomic E-state index is -0.329. The van der Waals surface area contributed by atoms with Gasteiger partial charge in [-0.1, -0.05) is 6.58 Å². The van der Waals surface area contributed by atoms with Crippen LogP contribution in [0.5, 0.6) is 5.75 Å². The summed E-state index contributed by atoms with van der Waals surface area (Å²) < 4.78 is 11.0. The maximum absolute atomic E-state index is 11.3. The summed E-state index contributed by atoms with van der Waals surface area (Å²) in [5, 5.41) is 0.925. The largest absolute Gasteiger partial charge is 0.485 e. The Kier molecular flexibility index (Phi) is 2.08. The summed E-state index contributed by atoms with van der Waals surface area (Å²) in [5.41, 5.74) is 2.25. The standard InChI is InChI=1S/C14H12O3/c1-8(2)12-7-10-11(16-12)5-3-9-4-6-13(15)17-14(9)10/h3-6,12H,1,7H2,2H3/t12-/m1/s1. The van der Waals surface area contributed by atoms with Crippen molar-refractivity contribution in [1.82, 2.24) is 0 Å². The minimum Gasteiger partial charge on any atom is -0.485 e. The van der Waals surface area contributed by atoms with Gasteiger partial charge in [-0.05, 0) is 30.7 Å². The first-order valence-electron chi connectivity index (χ1n) is 5.53. The molecule has 0 saturated carbocycles. The lowest BCUT2D eigenvalue weighted by molar-refractivity contribution is 0.271. The smallest absolute Gasteiger partial charge is 0.336 e. The van der Waals surface area contributed by atoms with Gasteiger partial charge in [-0.3, -0.25) is 0 Å². The summed E-state index contributed by atoms with van der Waals surface area (Å²) in [5.74, 6) is 0.792. The zero-order chi connectivity index (χ0) is 12.0. The Morgan fingerprint density at radius 3 is 2.88 bits per heavy atom. The summed E-state index contributed by atoms with van der Waals surface area (Å²) in [4.78, 5) is 11.3. The van der Waals surface area contributed by atoms with E-state index in [0.717, 1.165) is 28.7 Å². The van der Waals surface area contributed by atoms with E-state index in [9.17, 15) is 4.79 Å². The summed E-state index contributed by atoms with van der Waals surface area (Å²) >= 11 is 0. The second-order valence-corrected chi connectivity index (χ2v) is 4.37. The minimum absolute atomic E-state index is 0.0129. The summed E-state index contributed by atoms with van der Waals surface area (Å²) in [6.45, 7) is 5.84. The van der Waals surface area contributed by atoms with Crippen LogP contribution in [0.15, 0.2) is 45.6 Å². The molecule has 3 rings (SSSR count). The number of fused-ring (bicyclic) bond motifs is 3. The molecule has 0 unspecified atom stereocenters. The molecule has 1 aliphatic rings. The fourth-order valence-electron chi connectivity index (χ4n) is 2.13. The normalized spacial score (nSPS) is 17.8. The fraction of sp³-hybridized carbons (Fsp3) is 0.214. The Labute approximate surface area is 98.3 Å². The van der Waals surface area contributed by atoms with Crippen molar-refractivity contribution in [1.29, 1.82) is 0 Å². The van der Waals surface area contributed by atoms with E-state index in [1.54, 1.807) is 6.07 Å². The van der Waals surface area contributed by atoms with Crippen molar-refractivity contribution in [2.45, 2.75) is 19.4 Å². The Morgan fingerprint density at radius 1 is 1.35 bits per heavy atom. The van der Waals surface area contributed by atoms with Crippen LogP contribution in [0.2, 0.25) is 0 Å². The second-order valence-electron chi connectivity index (χ2n) is 4.37. The molecule has 2 aromatic rings. The molecule has 0 bridgehead atoms. The van der Waals surface area contributed by atoms with E-state index in [4.69, 9.17) is 9.15 Å². The zero-order valence-electron chi connectivity index (χ0n) is 9.53. The van der Waals surface area contributed by atoms with E-state index in [0.29, 0.717) is 5.58 Å². The number of rotatable bonds is 1. The topological polar surface area (TPSA) is 39.4 Å². The van der Waals surface area contributed by atoms with Crippen LogP contribution in [0.3, 0.4) is 0 Å². The van der Waals surface area contributed by atoms with Crippen molar-refractivity contribution in [3.63, 3.8) is 0 Å². The molecule has 1 aromatic carbocycles. The molecule has 0 aliphatic carbocycles. The lowest BCUT2D eigenvalue weighted by atomic mass is 10.0. The fourth-order valence-corrected chi connectivity index (χ4v) is 2.13. The van der Waals surface area contributed by atoms with E-state index in [1.807, 2.05) is 19.1 Å². The van der Waals surface area contributed by atoms with Gasteiger partial charge in [0.1, 0.15) is 17.4 Å². The Morgan fingerprint density at radius 2 is 2.12 bits per heavy atom. The predicted molar refractivity (Wildman–Crippen MR) is 65.4 cm³/mol. The van der Waals surface area contributed by atoms with Gasteiger partial charge < -0.3 is 9.15 Å². The average Bonchev–Trinajstić information content (AvgIpc) is 2.73. The highest BCUT2D eigenvalue weighted by Gasteiger charge is 2.26. The first-order valence-corrected chi connectivity index (χ1v) is 5.53. The van der Waals surface area contributed by atoms with Crippen molar-refractivity contribution < 1.29 is 9.15 Å². The van der Waals surface area contributed by atoms with Gasteiger partial charge in [0, 0.05) is 23.4 Å². The van der Waals surface area contributed by atoms with Crippen LogP contribution in [0.4, 0.5) is 0 Å². The SMILES string of the molecule is C=C(C)[C@H]1Cc2c(ccc3ccc(=O)oc23)O1. The molecular weight excluding hydrogens is 216 g/mol. The van der Waals surface area contributed by atoms with E-state index in [-0.39, 0.29) is 11.7 Å². The third kappa shape index (κ3) is 1.55. The van der Waals surface area contributed by atoms with Gasteiger partial charge in [0.15, 0.2) is 0 Å². The lowest BCUT2D eigenvalue weighted by Gasteiger charge is -2.08. The van der Waals surface area contributed by atoms with Gasteiger partial charge >= 0.3 is 5.63 Å². The molecule has 1 aromatic heterocycles. The van der Waals surface area contributed by atoms with Crippen LogP contribution in [0.25, 0.3) is 11.0 Å². The third-order valence-corrected chi connectivity index (χ3v) is 3.06. The molecule has 0 spiro atoms. The summed E-state index contributed by atoms with van der Waals surface area (Å²) in [6.07, 6.45) is 0.704. The van der Waals surface area contributed by atoms with E-state index < -0.39 is 0 Å². The molecule has 0 N–H and O–H groups in total. The molecule has 0 saturated heterocycles. The second kappa shape index (κ2) is 3.48. The first-order chi connectivity index (χ1) is 8.15. The monoisotopic (exact) mass is 228 g/mol. The molecule has 0 fully saturated rings. The number of benzene rings is 1. The highest BCUT2D eigenvalue weighted by Crippen LogP contribution is 2.35. The van der Waals surface area contributed by atoms with Crippen molar-refractivity contribution in [2.75, 3.05) is 0 Å². The summed E-state index contributed by atoms with van der Waals surface area (Å²) in [6, 6.07) is 7.02. The van der Waals surface area contributed by atoms with Crippen LogP contribution in [-0.2, 0) is 6.42 Å². The van der Waals surface area contributed by atoms with Crippen LogP contribution >= 0.6 is 0 Å². The van der Waals surface area contributed by atoms with E-state index in [2.05, 4.69) is 6.58 Å². The van der Waals surface area contributed by atoms with Gasteiger partial charge in [0.2, 0.25) is 0 Å². The highest BCUT2D eigenvalue weighted by molar-refractivity contribution is 5.82. The molecule has 1 aliphatic heterocycles. The molecule has 1 atom stereocenters. The van der Waals surface area contributed by atoms with Gasteiger partial charge in [-0.15, -0.1) is 0 Å². The maximum Gasteiger partial charge on any atom is 0.336 e. The van der Waals surface area contributed by atoms with Crippen molar-refractivity contribution >= 4 is 11.0 Å². The van der Waals surface area contributed by atoms with Crippen LogP contribution < -0.4 is 10.4 Å². The van der Waals surface area contributed by atoms with E-state index in [1.165, 1.54) is 6.07 Å². The Hall–Kier alpha value is -2.03. The van der Waals surface area contributed by atoms with Gasteiger partial charge in [-0.25, -0.2) is 4.79 Å². The Bertz CT molecular complexity index is 667. The van der Waals surface area contributed by atoms with E-state index >= 15 is 0 Å². The quantitative estimate of drug-likeness (QED) is 0.556. The molecule has 3 nitrogen and oxygen atoms in total. The van der Waals surface area contributed by atoms with Crippen LogP contribution in [0, 0.1) is 0 Å². The van der Waals surface area contributed by atoms with Gasteiger partial charge in [0.25, 0.3) is 0 Å².